The zero-order valence-electron chi connectivity index (χ0n) is 18.4. The van der Waals surface area contributed by atoms with Crippen LogP contribution >= 0.6 is 0 Å². The van der Waals surface area contributed by atoms with Gasteiger partial charge in [-0.1, -0.05) is 35.4 Å². The van der Waals surface area contributed by atoms with Gasteiger partial charge in [-0.2, -0.15) is 0 Å². The number of hydrogen-bond acceptors (Lipinski definition) is 3. The summed E-state index contributed by atoms with van der Waals surface area (Å²) in [4.78, 5) is 17.2. The first-order chi connectivity index (χ1) is 13.7. The lowest BCUT2D eigenvalue weighted by atomic mass is 9.95. The van der Waals surface area contributed by atoms with Crippen molar-refractivity contribution in [2.75, 3.05) is 29.4 Å². The number of aryl methyl sites for hydroxylation is 2. The summed E-state index contributed by atoms with van der Waals surface area (Å²) in [6, 6.07) is 16.9. The lowest BCUT2D eigenvalue weighted by molar-refractivity contribution is 0.0573. The van der Waals surface area contributed by atoms with Gasteiger partial charge in [0.15, 0.2) is 0 Å². The minimum atomic E-state index is -0.505. The average Bonchev–Trinajstić information content (AvgIpc) is 2.67. The van der Waals surface area contributed by atoms with Gasteiger partial charge < -0.3 is 9.64 Å². The summed E-state index contributed by atoms with van der Waals surface area (Å²) in [7, 11) is 0. The lowest BCUT2D eigenvalue weighted by Crippen LogP contribution is -2.43. The van der Waals surface area contributed by atoms with E-state index in [0.29, 0.717) is 12.5 Å². The van der Waals surface area contributed by atoms with Crippen molar-refractivity contribution in [3.05, 3.63) is 59.7 Å². The minimum absolute atomic E-state index is 0.262. The fourth-order valence-corrected chi connectivity index (χ4v) is 3.71. The van der Waals surface area contributed by atoms with Crippen molar-refractivity contribution in [2.24, 2.45) is 5.92 Å². The minimum Gasteiger partial charge on any atom is -0.443 e. The van der Waals surface area contributed by atoms with E-state index in [0.717, 1.165) is 31.6 Å². The van der Waals surface area contributed by atoms with Gasteiger partial charge in [0.25, 0.3) is 0 Å². The molecular formula is C25H34N2O2. The van der Waals surface area contributed by atoms with Crippen molar-refractivity contribution in [3.8, 4) is 0 Å². The Morgan fingerprint density at radius 1 is 0.966 bits per heavy atom. The van der Waals surface area contributed by atoms with Gasteiger partial charge in [0.2, 0.25) is 0 Å². The van der Waals surface area contributed by atoms with Crippen LogP contribution in [0.25, 0.3) is 0 Å². The first kappa shape index (κ1) is 21.2. The van der Waals surface area contributed by atoms with Crippen LogP contribution in [-0.4, -0.2) is 31.3 Å². The van der Waals surface area contributed by atoms with Gasteiger partial charge in [0.1, 0.15) is 5.60 Å². The number of hydrogen-bond donors (Lipinski definition) is 0. The molecule has 1 fully saturated rings. The molecule has 0 unspecified atom stereocenters. The van der Waals surface area contributed by atoms with E-state index in [4.69, 9.17) is 4.74 Å². The number of carbonyl (C=O) groups is 1. The van der Waals surface area contributed by atoms with Crippen LogP contribution in [0.2, 0.25) is 0 Å². The summed E-state index contributed by atoms with van der Waals surface area (Å²) >= 11 is 0. The van der Waals surface area contributed by atoms with Crippen LogP contribution in [0.15, 0.2) is 48.5 Å². The van der Waals surface area contributed by atoms with Gasteiger partial charge in [0, 0.05) is 31.0 Å². The molecule has 0 aliphatic carbocycles. The second-order valence-electron chi connectivity index (χ2n) is 9.19. The van der Waals surface area contributed by atoms with Crippen LogP contribution in [0, 0.1) is 19.8 Å². The highest BCUT2D eigenvalue weighted by atomic mass is 16.6. The molecular weight excluding hydrogens is 360 g/mol. The van der Waals surface area contributed by atoms with Crippen LogP contribution in [0.3, 0.4) is 0 Å². The molecule has 156 valence electrons. The smallest absolute Gasteiger partial charge is 0.414 e. The molecule has 4 heteroatoms. The molecule has 0 bridgehead atoms. The number of ether oxygens (including phenoxy) is 1. The number of piperidine rings is 1. The molecule has 1 saturated heterocycles. The molecule has 3 rings (SSSR count). The molecule has 0 radical (unpaired) electrons. The van der Waals surface area contributed by atoms with E-state index in [2.05, 4.69) is 43.0 Å². The van der Waals surface area contributed by atoms with Gasteiger partial charge in [0.05, 0.1) is 0 Å². The molecule has 0 spiro atoms. The highest BCUT2D eigenvalue weighted by molar-refractivity contribution is 5.87. The van der Waals surface area contributed by atoms with E-state index < -0.39 is 5.60 Å². The Bertz CT molecular complexity index is 798. The highest BCUT2D eigenvalue weighted by Crippen LogP contribution is 2.27. The van der Waals surface area contributed by atoms with Gasteiger partial charge >= 0.3 is 6.09 Å². The molecule has 1 heterocycles. The normalized spacial score (nSPS) is 15.3. The summed E-state index contributed by atoms with van der Waals surface area (Å²) < 4.78 is 5.70. The zero-order valence-corrected chi connectivity index (χ0v) is 18.4. The van der Waals surface area contributed by atoms with E-state index in [1.807, 2.05) is 49.9 Å². The number of anilines is 2. The number of amides is 1. The van der Waals surface area contributed by atoms with Crippen molar-refractivity contribution < 1.29 is 9.53 Å². The fraction of sp³-hybridized carbons (Fsp3) is 0.480. The molecule has 2 aromatic rings. The van der Waals surface area contributed by atoms with Gasteiger partial charge in [-0.25, -0.2) is 4.79 Å². The van der Waals surface area contributed by atoms with Crippen LogP contribution < -0.4 is 9.80 Å². The largest absolute Gasteiger partial charge is 0.443 e. The monoisotopic (exact) mass is 394 g/mol. The van der Waals surface area contributed by atoms with E-state index in [1.54, 1.807) is 0 Å². The number of benzene rings is 2. The van der Waals surface area contributed by atoms with Crippen LogP contribution in [0.1, 0.15) is 44.7 Å². The van der Waals surface area contributed by atoms with E-state index in [9.17, 15) is 4.79 Å². The second kappa shape index (κ2) is 8.89. The Morgan fingerprint density at radius 2 is 1.48 bits per heavy atom. The van der Waals surface area contributed by atoms with Crippen molar-refractivity contribution in [1.29, 1.82) is 0 Å². The van der Waals surface area contributed by atoms with Crippen molar-refractivity contribution in [3.63, 3.8) is 0 Å². The first-order valence-electron chi connectivity index (χ1n) is 10.6. The van der Waals surface area contributed by atoms with Gasteiger partial charge in [-0.05, 0) is 77.6 Å². The summed E-state index contributed by atoms with van der Waals surface area (Å²) in [5, 5.41) is 0. The maximum Gasteiger partial charge on any atom is 0.414 e. The molecule has 2 aromatic carbocycles. The summed E-state index contributed by atoms with van der Waals surface area (Å²) in [6.45, 7) is 12.6. The standard InChI is InChI=1S/C25H34N2O2/c1-19-6-10-22(11-7-19)26-16-14-21(15-17-26)18-27(24(28)29-25(3,4)5)23-12-8-20(2)9-13-23/h6-13,21H,14-18H2,1-5H3. The number of carbonyl (C=O) groups excluding carboxylic acids is 1. The molecule has 1 aliphatic rings. The van der Waals surface area contributed by atoms with E-state index in [1.165, 1.54) is 16.8 Å². The van der Waals surface area contributed by atoms with Crippen molar-refractivity contribution in [1.82, 2.24) is 0 Å². The van der Waals surface area contributed by atoms with Gasteiger partial charge in [-0.15, -0.1) is 0 Å². The van der Waals surface area contributed by atoms with E-state index in [-0.39, 0.29) is 6.09 Å². The third kappa shape index (κ3) is 5.99. The molecule has 4 nitrogen and oxygen atoms in total. The summed E-state index contributed by atoms with van der Waals surface area (Å²) in [6.07, 6.45) is 1.88. The molecule has 29 heavy (non-hydrogen) atoms. The molecule has 1 aliphatic heterocycles. The van der Waals surface area contributed by atoms with Crippen molar-refractivity contribution >= 4 is 17.5 Å². The third-order valence-electron chi connectivity index (χ3n) is 5.41. The SMILES string of the molecule is Cc1ccc(N2CCC(CN(C(=O)OC(C)(C)C)c3ccc(C)cc3)CC2)cc1. The van der Waals surface area contributed by atoms with Gasteiger partial charge in [-0.3, -0.25) is 4.90 Å². The van der Waals surface area contributed by atoms with E-state index >= 15 is 0 Å². The van der Waals surface area contributed by atoms with Crippen LogP contribution in [-0.2, 0) is 4.74 Å². The number of rotatable bonds is 4. The summed E-state index contributed by atoms with van der Waals surface area (Å²) in [5.74, 6) is 0.463. The maximum absolute atomic E-state index is 12.9. The second-order valence-corrected chi connectivity index (χ2v) is 9.19. The first-order valence-corrected chi connectivity index (χ1v) is 10.6. The lowest BCUT2D eigenvalue weighted by Gasteiger charge is -2.36. The molecule has 0 N–H and O–H groups in total. The molecule has 1 amide bonds. The Hall–Kier alpha value is -2.49. The number of nitrogens with zero attached hydrogens (tertiary/aromatic N) is 2. The predicted octanol–water partition coefficient (Wildman–Crippen LogP) is 5.96. The van der Waals surface area contributed by atoms with Crippen LogP contribution in [0.4, 0.5) is 16.2 Å². The van der Waals surface area contributed by atoms with Crippen molar-refractivity contribution in [2.45, 2.75) is 53.1 Å². The topological polar surface area (TPSA) is 32.8 Å². The van der Waals surface area contributed by atoms with Crippen LogP contribution in [0.5, 0.6) is 0 Å². The summed E-state index contributed by atoms with van der Waals surface area (Å²) in [5.41, 5.74) is 4.16. The quantitative estimate of drug-likeness (QED) is 0.641. The Labute approximate surface area is 175 Å². The molecule has 0 aromatic heterocycles. The third-order valence-corrected chi connectivity index (χ3v) is 5.41. The maximum atomic E-state index is 12.9. The fourth-order valence-electron chi connectivity index (χ4n) is 3.71. The Kier molecular flexibility index (Phi) is 6.51. The Balaban J connectivity index is 1.67. The average molecular weight is 395 g/mol. The predicted molar refractivity (Wildman–Crippen MR) is 121 cm³/mol. The molecule has 0 atom stereocenters. The highest BCUT2D eigenvalue weighted by Gasteiger charge is 2.28. The Morgan fingerprint density at radius 3 is 2.00 bits per heavy atom. The zero-order chi connectivity index (χ0) is 21.0. The molecule has 0 saturated carbocycles.